The van der Waals surface area contributed by atoms with Gasteiger partial charge in [-0.1, -0.05) is 6.92 Å². The predicted molar refractivity (Wildman–Crippen MR) is 42.1 cm³/mol. The van der Waals surface area contributed by atoms with Crippen molar-refractivity contribution in [2.45, 2.75) is 25.8 Å². The second-order valence-corrected chi connectivity index (χ2v) is 2.44. The maximum atomic E-state index is 5.63. The topological polar surface area (TPSA) is 17.8 Å². The van der Waals surface area contributed by atoms with Crippen LogP contribution in [-0.2, 0) is 12.4 Å². The van der Waals surface area contributed by atoms with Crippen LogP contribution in [0.4, 0.5) is 0 Å². The predicted octanol–water partition coefficient (Wildman–Crippen LogP) is 2.03. The molecule has 10 heavy (non-hydrogen) atoms. The minimum absolute atomic E-state index is 0.507. The van der Waals surface area contributed by atoms with E-state index in [1.54, 1.807) is 6.20 Å². The van der Waals surface area contributed by atoms with Gasteiger partial charge in [-0.3, -0.25) is 0 Å². The fourth-order valence-electron chi connectivity index (χ4n) is 0.916. The molecule has 2 nitrogen and oxygen atoms in total. The summed E-state index contributed by atoms with van der Waals surface area (Å²) < 4.78 is 2.08. The van der Waals surface area contributed by atoms with Crippen molar-refractivity contribution in [2.24, 2.45) is 0 Å². The van der Waals surface area contributed by atoms with Crippen LogP contribution in [0.15, 0.2) is 12.4 Å². The fraction of sp³-hybridized carbons (Fsp3) is 0.571. The van der Waals surface area contributed by atoms with Gasteiger partial charge in [0.25, 0.3) is 0 Å². The van der Waals surface area contributed by atoms with E-state index in [-0.39, 0.29) is 0 Å². The lowest BCUT2D eigenvalue weighted by Gasteiger charge is -2.01. The van der Waals surface area contributed by atoms with Crippen LogP contribution in [-0.4, -0.2) is 9.55 Å². The van der Waals surface area contributed by atoms with Gasteiger partial charge in [0.1, 0.15) is 5.82 Å². The zero-order valence-corrected chi connectivity index (χ0v) is 6.80. The number of aryl methyl sites for hydroxylation is 1. The van der Waals surface area contributed by atoms with Crippen LogP contribution < -0.4 is 0 Å². The summed E-state index contributed by atoms with van der Waals surface area (Å²) in [6, 6.07) is 0. The lowest BCUT2D eigenvalue weighted by molar-refractivity contribution is 0.654. The molecular weight excluding hydrogens is 148 g/mol. The number of nitrogens with zero attached hydrogens (tertiary/aromatic N) is 2. The van der Waals surface area contributed by atoms with Gasteiger partial charge in [0.15, 0.2) is 0 Å². The van der Waals surface area contributed by atoms with E-state index in [0.29, 0.717) is 5.88 Å². The molecule has 0 amide bonds. The van der Waals surface area contributed by atoms with Gasteiger partial charge in [-0.05, 0) is 6.42 Å². The van der Waals surface area contributed by atoms with Crippen LogP contribution in [0, 0.1) is 0 Å². The van der Waals surface area contributed by atoms with Crippen molar-refractivity contribution in [3.8, 4) is 0 Å². The van der Waals surface area contributed by atoms with Gasteiger partial charge >= 0.3 is 0 Å². The quantitative estimate of drug-likeness (QED) is 0.616. The Morgan fingerprint density at radius 1 is 1.70 bits per heavy atom. The van der Waals surface area contributed by atoms with E-state index in [1.165, 1.54) is 0 Å². The monoisotopic (exact) mass is 158 g/mol. The van der Waals surface area contributed by atoms with Crippen LogP contribution in [0.3, 0.4) is 0 Å². The van der Waals surface area contributed by atoms with Gasteiger partial charge in [-0.15, -0.1) is 11.6 Å². The van der Waals surface area contributed by atoms with Gasteiger partial charge in [-0.2, -0.15) is 0 Å². The molecule has 0 radical (unpaired) electrons. The zero-order valence-electron chi connectivity index (χ0n) is 6.05. The molecule has 56 valence electrons. The summed E-state index contributed by atoms with van der Waals surface area (Å²) in [5, 5.41) is 0. The van der Waals surface area contributed by atoms with Gasteiger partial charge in [-0.25, -0.2) is 4.98 Å². The lowest BCUT2D eigenvalue weighted by atomic mass is 10.5. The van der Waals surface area contributed by atoms with Crippen molar-refractivity contribution >= 4 is 11.6 Å². The highest BCUT2D eigenvalue weighted by Crippen LogP contribution is 2.01. The fourth-order valence-corrected chi connectivity index (χ4v) is 1.14. The molecule has 0 saturated heterocycles. The Labute approximate surface area is 65.8 Å². The first-order valence-electron chi connectivity index (χ1n) is 3.44. The van der Waals surface area contributed by atoms with Gasteiger partial charge < -0.3 is 4.57 Å². The van der Waals surface area contributed by atoms with Crippen LogP contribution >= 0.6 is 11.6 Å². The Kier molecular flexibility index (Phi) is 2.75. The van der Waals surface area contributed by atoms with E-state index < -0.39 is 0 Å². The van der Waals surface area contributed by atoms with Gasteiger partial charge in [0.05, 0.1) is 5.88 Å². The lowest BCUT2D eigenvalue weighted by Crippen LogP contribution is -1.99. The van der Waals surface area contributed by atoms with E-state index in [1.807, 2.05) is 6.20 Å². The van der Waals surface area contributed by atoms with E-state index in [0.717, 1.165) is 18.8 Å². The smallest absolute Gasteiger partial charge is 0.123 e. The summed E-state index contributed by atoms with van der Waals surface area (Å²) >= 11 is 5.63. The molecule has 0 bridgehead atoms. The minimum atomic E-state index is 0.507. The van der Waals surface area contributed by atoms with Crippen molar-refractivity contribution in [1.82, 2.24) is 9.55 Å². The molecule has 0 aliphatic rings. The number of halogens is 1. The molecule has 0 aliphatic carbocycles. The minimum Gasteiger partial charge on any atom is -0.334 e. The molecular formula is C7H11ClN2. The average molecular weight is 159 g/mol. The van der Waals surface area contributed by atoms with E-state index in [4.69, 9.17) is 11.6 Å². The molecule has 0 fully saturated rings. The normalized spacial score (nSPS) is 10.2. The number of alkyl halides is 1. The Morgan fingerprint density at radius 2 is 2.50 bits per heavy atom. The van der Waals surface area contributed by atoms with Crippen LogP contribution in [0.2, 0.25) is 0 Å². The van der Waals surface area contributed by atoms with Crippen LogP contribution in [0.1, 0.15) is 19.2 Å². The number of rotatable bonds is 3. The second kappa shape index (κ2) is 3.62. The Bertz CT molecular complexity index is 195. The summed E-state index contributed by atoms with van der Waals surface area (Å²) in [5.74, 6) is 1.47. The highest BCUT2D eigenvalue weighted by Gasteiger charge is 1.97. The van der Waals surface area contributed by atoms with Gasteiger partial charge in [0, 0.05) is 18.9 Å². The third kappa shape index (κ3) is 1.51. The summed E-state index contributed by atoms with van der Waals surface area (Å²) in [7, 11) is 0. The molecule has 1 heterocycles. The number of hydrogen-bond acceptors (Lipinski definition) is 1. The molecule has 3 heteroatoms. The molecule has 0 unspecified atom stereocenters. The van der Waals surface area contributed by atoms with Crippen molar-refractivity contribution in [1.29, 1.82) is 0 Å². The first kappa shape index (κ1) is 7.61. The highest BCUT2D eigenvalue weighted by molar-refractivity contribution is 6.16. The molecule has 0 aliphatic heterocycles. The van der Waals surface area contributed by atoms with Crippen molar-refractivity contribution < 1.29 is 0 Å². The first-order chi connectivity index (χ1) is 4.88. The second-order valence-electron chi connectivity index (χ2n) is 2.17. The van der Waals surface area contributed by atoms with Crippen molar-refractivity contribution in [3.05, 3.63) is 18.2 Å². The number of hydrogen-bond donors (Lipinski definition) is 0. The first-order valence-corrected chi connectivity index (χ1v) is 3.98. The summed E-state index contributed by atoms with van der Waals surface area (Å²) in [6.07, 6.45) is 4.87. The maximum Gasteiger partial charge on any atom is 0.123 e. The zero-order chi connectivity index (χ0) is 7.40. The van der Waals surface area contributed by atoms with Crippen molar-refractivity contribution in [3.63, 3.8) is 0 Å². The van der Waals surface area contributed by atoms with E-state index >= 15 is 0 Å². The average Bonchev–Trinajstić information content (AvgIpc) is 2.36. The Morgan fingerprint density at radius 3 is 3.10 bits per heavy atom. The number of imidazole rings is 1. The Hall–Kier alpha value is -0.500. The third-order valence-corrected chi connectivity index (χ3v) is 1.62. The van der Waals surface area contributed by atoms with E-state index in [9.17, 15) is 0 Å². The van der Waals surface area contributed by atoms with E-state index in [2.05, 4.69) is 16.5 Å². The maximum absolute atomic E-state index is 5.63. The summed E-state index contributed by atoms with van der Waals surface area (Å²) in [6.45, 7) is 3.15. The molecule has 1 aromatic heterocycles. The molecule has 0 aromatic carbocycles. The van der Waals surface area contributed by atoms with Crippen LogP contribution in [0.25, 0.3) is 0 Å². The summed E-state index contributed by atoms with van der Waals surface area (Å²) in [4.78, 5) is 4.08. The SMILES string of the molecule is CCCn1ccnc1CCl. The number of aromatic nitrogens is 2. The summed E-state index contributed by atoms with van der Waals surface area (Å²) in [5.41, 5.74) is 0. The van der Waals surface area contributed by atoms with Crippen molar-refractivity contribution in [2.75, 3.05) is 0 Å². The molecule has 1 aromatic rings. The van der Waals surface area contributed by atoms with Gasteiger partial charge in [0.2, 0.25) is 0 Å². The highest BCUT2D eigenvalue weighted by atomic mass is 35.5. The standard InChI is InChI=1S/C7H11ClN2/c1-2-4-10-5-3-9-7(10)6-8/h3,5H,2,4,6H2,1H3. The Balaban J connectivity index is 2.70. The molecule has 0 spiro atoms. The third-order valence-electron chi connectivity index (χ3n) is 1.39. The molecule has 0 saturated carbocycles. The van der Waals surface area contributed by atoms with Crippen LogP contribution in [0.5, 0.6) is 0 Å². The molecule has 1 rings (SSSR count). The largest absolute Gasteiger partial charge is 0.334 e. The molecule has 0 atom stereocenters. The molecule has 0 N–H and O–H groups in total.